The lowest BCUT2D eigenvalue weighted by molar-refractivity contribution is -0.150. The number of ether oxygens (including phenoxy) is 1. The van der Waals surface area contributed by atoms with Crippen LogP contribution in [0.4, 0.5) is 0 Å². The molecule has 1 atom stereocenters. The molecule has 78 valence electrons. The molecule has 0 aromatic carbocycles. The molecule has 6 heteroatoms. The van der Waals surface area contributed by atoms with Gasteiger partial charge in [-0.3, -0.25) is 9.59 Å². The van der Waals surface area contributed by atoms with Gasteiger partial charge in [0.1, 0.15) is 11.1 Å². The molecule has 1 heterocycles. The van der Waals surface area contributed by atoms with E-state index in [9.17, 15) is 9.59 Å². The highest BCUT2D eigenvalue weighted by Gasteiger charge is 2.46. The molecular weight excluding hydrogens is 186 g/mol. The molecule has 1 aliphatic heterocycles. The van der Waals surface area contributed by atoms with Crippen LogP contribution in [-0.4, -0.2) is 30.7 Å². The average molecular weight is 199 g/mol. The fraction of sp³-hybridized carbons (Fsp3) is 0.625. The summed E-state index contributed by atoms with van der Waals surface area (Å²) in [5.41, 5.74) is 6.63. The molecule has 0 spiro atoms. The maximum atomic E-state index is 11.5. The van der Waals surface area contributed by atoms with Crippen LogP contribution in [0.3, 0.4) is 0 Å². The van der Waals surface area contributed by atoms with Crippen molar-refractivity contribution in [3.63, 3.8) is 0 Å². The fourth-order valence-corrected chi connectivity index (χ4v) is 1.27. The van der Waals surface area contributed by atoms with Gasteiger partial charge in [0.05, 0.1) is 13.2 Å². The zero-order valence-corrected chi connectivity index (χ0v) is 8.16. The third-order valence-electron chi connectivity index (χ3n) is 2.11. The zero-order valence-electron chi connectivity index (χ0n) is 8.16. The van der Waals surface area contributed by atoms with Crippen molar-refractivity contribution >= 4 is 17.6 Å². The molecule has 0 saturated heterocycles. The van der Waals surface area contributed by atoms with E-state index in [1.165, 1.54) is 0 Å². The Morgan fingerprint density at radius 1 is 1.71 bits per heavy atom. The molecule has 3 N–H and O–H groups in total. The van der Waals surface area contributed by atoms with Gasteiger partial charge in [-0.25, -0.2) is 0 Å². The molecular formula is C8H13N3O3. The molecule has 6 nitrogen and oxygen atoms in total. The number of primary amides is 1. The lowest BCUT2D eigenvalue weighted by atomic mass is 9.85. The lowest BCUT2D eigenvalue weighted by Gasteiger charge is -2.20. The predicted molar refractivity (Wildman–Crippen MR) is 49.4 cm³/mol. The van der Waals surface area contributed by atoms with Gasteiger partial charge in [-0.05, 0) is 13.8 Å². The minimum atomic E-state index is -1.05. The van der Waals surface area contributed by atoms with Crippen LogP contribution < -0.4 is 11.2 Å². The Labute approximate surface area is 81.5 Å². The van der Waals surface area contributed by atoms with E-state index in [-0.39, 0.29) is 18.9 Å². The van der Waals surface area contributed by atoms with E-state index >= 15 is 0 Å². The number of carbonyl (C=O) groups is 2. The summed E-state index contributed by atoms with van der Waals surface area (Å²) in [6.07, 6.45) is 0. The van der Waals surface area contributed by atoms with E-state index in [0.29, 0.717) is 0 Å². The van der Waals surface area contributed by atoms with E-state index in [1.54, 1.807) is 13.8 Å². The van der Waals surface area contributed by atoms with Crippen LogP contribution in [0.5, 0.6) is 0 Å². The van der Waals surface area contributed by atoms with Crippen LogP contribution in [0.15, 0.2) is 5.10 Å². The molecule has 1 aliphatic rings. The van der Waals surface area contributed by atoms with E-state index in [2.05, 4.69) is 10.5 Å². The number of nitrogens with one attached hydrogen (secondary N) is 1. The Morgan fingerprint density at radius 2 is 2.36 bits per heavy atom. The number of hydrazone groups is 1. The smallest absolute Gasteiger partial charge is 0.320 e. The highest BCUT2D eigenvalue weighted by molar-refractivity contribution is 6.44. The predicted octanol–water partition coefficient (Wildman–Crippen LogP) is -1.000. The number of nitrogens with two attached hydrogens (primary N) is 1. The molecule has 0 radical (unpaired) electrons. The fourth-order valence-electron chi connectivity index (χ4n) is 1.27. The molecule has 1 rings (SSSR count). The van der Waals surface area contributed by atoms with Gasteiger partial charge >= 0.3 is 5.97 Å². The van der Waals surface area contributed by atoms with Gasteiger partial charge in [0.15, 0.2) is 0 Å². The van der Waals surface area contributed by atoms with Crippen LogP contribution in [0, 0.1) is 5.41 Å². The first-order chi connectivity index (χ1) is 6.52. The molecule has 0 aromatic heterocycles. The van der Waals surface area contributed by atoms with Crippen molar-refractivity contribution in [2.45, 2.75) is 13.8 Å². The van der Waals surface area contributed by atoms with Crippen molar-refractivity contribution in [1.82, 2.24) is 5.43 Å². The summed E-state index contributed by atoms with van der Waals surface area (Å²) in [6.45, 7) is 3.78. The summed E-state index contributed by atoms with van der Waals surface area (Å²) < 4.78 is 4.84. The summed E-state index contributed by atoms with van der Waals surface area (Å²) >= 11 is 0. The van der Waals surface area contributed by atoms with E-state index in [1.807, 2.05) is 0 Å². The van der Waals surface area contributed by atoms with Crippen molar-refractivity contribution in [3.8, 4) is 0 Å². The minimum Gasteiger partial charge on any atom is -0.465 e. The summed E-state index contributed by atoms with van der Waals surface area (Å²) in [7, 11) is 0. The normalized spacial score (nSPS) is 25.1. The maximum Gasteiger partial charge on any atom is 0.320 e. The van der Waals surface area contributed by atoms with Crippen molar-refractivity contribution in [3.05, 3.63) is 0 Å². The molecule has 1 amide bonds. The summed E-state index contributed by atoms with van der Waals surface area (Å²) in [5.74, 6) is -1.19. The van der Waals surface area contributed by atoms with Gasteiger partial charge in [-0.1, -0.05) is 0 Å². The first kappa shape index (κ1) is 10.5. The number of esters is 1. The number of hydrogen-bond donors (Lipinski definition) is 2. The Balaban J connectivity index is 2.89. The number of hydrogen-bond acceptors (Lipinski definition) is 5. The highest BCUT2D eigenvalue weighted by Crippen LogP contribution is 2.23. The van der Waals surface area contributed by atoms with E-state index < -0.39 is 17.3 Å². The summed E-state index contributed by atoms with van der Waals surface area (Å²) in [4.78, 5) is 22.5. The second-order valence-electron chi connectivity index (χ2n) is 3.21. The van der Waals surface area contributed by atoms with Crippen LogP contribution in [0.25, 0.3) is 0 Å². The van der Waals surface area contributed by atoms with Crippen LogP contribution >= 0.6 is 0 Å². The van der Waals surface area contributed by atoms with Gasteiger partial charge in [0.25, 0.3) is 5.91 Å². The standard InChI is InChI=1S/C8H13N3O3/c1-3-14-7(13)8(2)4-10-11-5(8)6(9)12/h10H,3-4H2,1-2H3,(H2,9,12). The number of carbonyl (C=O) groups excluding carboxylic acids is 2. The van der Waals surface area contributed by atoms with Crippen molar-refractivity contribution in [2.24, 2.45) is 16.3 Å². The second kappa shape index (κ2) is 3.65. The molecule has 0 bridgehead atoms. The number of rotatable bonds is 3. The van der Waals surface area contributed by atoms with Gasteiger partial charge < -0.3 is 15.9 Å². The quantitative estimate of drug-likeness (QED) is 0.570. The molecule has 0 aromatic rings. The van der Waals surface area contributed by atoms with Gasteiger partial charge in [-0.2, -0.15) is 5.10 Å². The van der Waals surface area contributed by atoms with Gasteiger partial charge in [0, 0.05) is 0 Å². The topological polar surface area (TPSA) is 93.8 Å². The highest BCUT2D eigenvalue weighted by atomic mass is 16.5. The Bertz CT molecular complexity index is 300. The largest absolute Gasteiger partial charge is 0.465 e. The van der Waals surface area contributed by atoms with Crippen molar-refractivity contribution in [2.75, 3.05) is 13.2 Å². The summed E-state index contributed by atoms with van der Waals surface area (Å²) in [6, 6.07) is 0. The van der Waals surface area contributed by atoms with E-state index in [4.69, 9.17) is 10.5 Å². The molecule has 0 saturated carbocycles. The second-order valence-corrected chi connectivity index (χ2v) is 3.21. The van der Waals surface area contributed by atoms with Crippen LogP contribution in [0.1, 0.15) is 13.8 Å². The van der Waals surface area contributed by atoms with Crippen molar-refractivity contribution < 1.29 is 14.3 Å². The van der Waals surface area contributed by atoms with Crippen LogP contribution in [-0.2, 0) is 14.3 Å². The van der Waals surface area contributed by atoms with Gasteiger partial charge in [-0.15, -0.1) is 0 Å². The third kappa shape index (κ3) is 1.55. The third-order valence-corrected chi connectivity index (χ3v) is 2.11. The van der Waals surface area contributed by atoms with Crippen molar-refractivity contribution in [1.29, 1.82) is 0 Å². The molecule has 14 heavy (non-hydrogen) atoms. The first-order valence-corrected chi connectivity index (χ1v) is 4.30. The first-order valence-electron chi connectivity index (χ1n) is 4.30. The Hall–Kier alpha value is -1.59. The molecule has 1 unspecified atom stereocenters. The Kier molecular flexibility index (Phi) is 2.73. The monoisotopic (exact) mass is 199 g/mol. The Morgan fingerprint density at radius 3 is 2.86 bits per heavy atom. The van der Waals surface area contributed by atoms with Gasteiger partial charge in [0.2, 0.25) is 0 Å². The molecule has 0 fully saturated rings. The number of nitrogens with zero attached hydrogens (tertiary/aromatic N) is 1. The van der Waals surface area contributed by atoms with E-state index in [0.717, 1.165) is 0 Å². The average Bonchev–Trinajstić information content (AvgIpc) is 2.49. The maximum absolute atomic E-state index is 11.5. The minimum absolute atomic E-state index is 0.0240. The van der Waals surface area contributed by atoms with Crippen LogP contribution in [0.2, 0.25) is 0 Å². The number of amides is 1. The summed E-state index contributed by atoms with van der Waals surface area (Å²) in [5, 5.41) is 3.68. The lowest BCUT2D eigenvalue weighted by Crippen LogP contribution is -2.45. The zero-order chi connectivity index (χ0) is 10.8. The SMILES string of the molecule is CCOC(=O)C1(C)CNN=C1C(N)=O. The molecule has 0 aliphatic carbocycles.